The van der Waals surface area contributed by atoms with Crippen molar-refractivity contribution in [3.63, 3.8) is 0 Å². The summed E-state index contributed by atoms with van der Waals surface area (Å²) in [6.07, 6.45) is 1.39. The van der Waals surface area contributed by atoms with Crippen LogP contribution < -0.4 is 0 Å². The Hall–Kier alpha value is -4.83. The summed E-state index contributed by atoms with van der Waals surface area (Å²) in [5.41, 5.74) is 2.97. The topological polar surface area (TPSA) is 82.3 Å². The maximum atomic E-state index is 13.0. The Morgan fingerprint density at radius 3 is 2.15 bits per heavy atom. The van der Waals surface area contributed by atoms with E-state index in [0.717, 1.165) is 16.3 Å². The first-order valence-electron chi connectivity index (χ1n) is 10.2. The van der Waals surface area contributed by atoms with E-state index >= 15 is 0 Å². The zero-order valence-electron chi connectivity index (χ0n) is 17.4. The van der Waals surface area contributed by atoms with Gasteiger partial charge in [0, 0.05) is 29.8 Å². The van der Waals surface area contributed by atoms with Crippen LogP contribution >= 0.6 is 0 Å². The Kier molecular flexibility index (Phi) is 3.92. The number of ketones is 2. The number of fused-ring (bicyclic) bond motifs is 3. The van der Waals surface area contributed by atoms with Crippen molar-refractivity contribution < 1.29 is 14.0 Å². The van der Waals surface area contributed by atoms with Crippen molar-refractivity contribution in [1.29, 1.82) is 0 Å². The molecule has 1 aliphatic rings. The van der Waals surface area contributed by atoms with Crippen LogP contribution in [0, 0.1) is 6.57 Å². The molecule has 0 radical (unpaired) electrons. The highest BCUT2D eigenvalue weighted by molar-refractivity contribution is 6.42. The fraction of sp³-hybridized carbons (Fsp3) is 0.0385. The minimum Gasteiger partial charge on any atom is -0.417 e. The average molecular weight is 430 g/mol. The smallest absolute Gasteiger partial charge is 0.267 e. The molecule has 7 heteroatoms. The average Bonchev–Trinajstić information content (AvgIpc) is 3.45. The number of rotatable bonds is 2. The summed E-state index contributed by atoms with van der Waals surface area (Å²) >= 11 is 0. The van der Waals surface area contributed by atoms with E-state index in [9.17, 15) is 9.59 Å². The van der Waals surface area contributed by atoms with E-state index < -0.39 is 0 Å². The van der Waals surface area contributed by atoms with Crippen molar-refractivity contribution >= 4 is 45.5 Å². The molecule has 0 N–H and O–H groups in total. The van der Waals surface area contributed by atoms with Gasteiger partial charge in [-0.3, -0.25) is 9.59 Å². The standard InChI is InChI=1S/C26H14N4O3/c1-27-17-9-7-14(8-10-17)24-29-26-25(30(24)2)28-21(33-26)13-20-22(31)18-11-15-5-3-4-6-16(15)12-19(18)23(20)32/h3-13H,2H3. The number of Topliss-reactive ketones (excluding diaryl/α,β-unsaturated/α-hetero) is 2. The van der Waals surface area contributed by atoms with E-state index in [1.807, 2.05) is 36.4 Å². The number of oxazole rings is 1. The molecule has 3 aromatic carbocycles. The van der Waals surface area contributed by atoms with Gasteiger partial charge >= 0.3 is 0 Å². The number of aryl methyl sites for hydroxylation is 1. The van der Waals surface area contributed by atoms with Gasteiger partial charge in [0.25, 0.3) is 5.71 Å². The number of nitrogens with zero attached hydrogens (tertiary/aromatic N) is 4. The molecule has 0 bridgehead atoms. The van der Waals surface area contributed by atoms with Crippen LogP contribution in [0.15, 0.2) is 70.7 Å². The quantitative estimate of drug-likeness (QED) is 0.213. The second kappa shape index (κ2) is 6.84. The van der Waals surface area contributed by atoms with E-state index in [0.29, 0.717) is 34.0 Å². The molecule has 5 aromatic rings. The number of carbonyl (C=O) groups excluding carboxylic acids is 2. The maximum absolute atomic E-state index is 13.0. The van der Waals surface area contributed by atoms with Gasteiger partial charge in [0.2, 0.25) is 11.5 Å². The van der Waals surface area contributed by atoms with Gasteiger partial charge in [0.1, 0.15) is 5.82 Å². The molecule has 0 spiro atoms. The molecule has 0 saturated carbocycles. The lowest BCUT2D eigenvalue weighted by Crippen LogP contribution is -2.00. The monoisotopic (exact) mass is 430 g/mol. The Morgan fingerprint density at radius 2 is 1.58 bits per heavy atom. The molecule has 0 atom stereocenters. The van der Waals surface area contributed by atoms with Gasteiger partial charge in [0.05, 0.1) is 12.1 Å². The van der Waals surface area contributed by atoms with Crippen LogP contribution in [-0.4, -0.2) is 26.1 Å². The second-order valence-electron chi connectivity index (χ2n) is 7.80. The number of benzene rings is 3. The normalized spacial score (nSPS) is 13.0. The first-order valence-corrected chi connectivity index (χ1v) is 10.2. The van der Waals surface area contributed by atoms with E-state index in [-0.39, 0.29) is 23.0 Å². The predicted octanol–water partition coefficient (Wildman–Crippen LogP) is 5.39. The molecule has 0 fully saturated rings. The van der Waals surface area contributed by atoms with Crippen LogP contribution in [0.3, 0.4) is 0 Å². The van der Waals surface area contributed by atoms with Crippen LogP contribution in [0.25, 0.3) is 44.4 Å². The summed E-state index contributed by atoms with van der Waals surface area (Å²) in [6, 6.07) is 18.2. The molecule has 1 aliphatic carbocycles. The van der Waals surface area contributed by atoms with E-state index in [2.05, 4.69) is 14.8 Å². The van der Waals surface area contributed by atoms with Crippen molar-refractivity contribution in [2.75, 3.05) is 0 Å². The minimum atomic E-state index is -0.337. The Morgan fingerprint density at radius 1 is 0.939 bits per heavy atom. The summed E-state index contributed by atoms with van der Waals surface area (Å²) in [7, 11) is 1.81. The Bertz CT molecular complexity index is 1660. The highest BCUT2D eigenvalue weighted by atomic mass is 16.4. The first-order chi connectivity index (χ1) is 16.0. The van der Waals surface area contributed by atoms with Gasteiger partial charge < -0.3 is 8.98 Å². The van der Waals surface area contributed by atoms with Gasteiger partial charge in [-0.15, -0.1) is 0 Å². The number of hydrogen-bond donors (Lipinski definition) is 0. The van der Waals surface area contributed by atoms with Gasteiger partial charge in [0.15, 0.2) is 17.3 Å². The van der Waals surface area contributed by atoms with Gasteiger partial charge in [-0.1, -0.05) is 48.5 Å². The molecule has 0 amide bonds. The van der Waals surface area contributed by atoms with Crippen molar-refractivity contribution in [1.82, 2.24) is 14.5 Å². The van der Waals surface area contributed by atoms with Crippen LogP contribution in [-0.2, 0) is 7.05 Å². The largest absolute Gasteiger partial charge is 0.417 e. The molecule has 6 rings (SSSR count). The molecular formula is C26H14N4O3. The Labute approximate surface area is 187 Å². The van der Waals surface area contributed by atoms with E-state index in [1.54, 1.807) is 35.9 Å². The van der Waals surface area contributed by atoms with Gasteiger partial charge in [-0.25, -0.2) is 4.85 Å². The third-order valence-electron chi connectivity index (χ3n) is 5.84. The fourth-order valence-corrected chi connectivity index (χ4v) is 4.15. The lowest BCUT2D eigenvalue weighted by molar-refractivity contribution is 0.0990. The zero-order valence-corrected chi connectivity index (χ0v) is 17.4. The summed E-state index contributed by atoms with van der Waals surface area (Å²) in [5.74, 6) is 0.110. The molecule has 0 aliphatic heterocycles. The van der Waals surface area contributed by atoms with E-state index in [4.69, 9.17) is 11.0 Å². The fourth-order valence-electron chi connectivity index (χ4n) is 4.15. The number of allylic oxidation sites excluding steroid dienone is 1. The molecular weight excluding hydrogens is 416 g/mol. The third kappa shape index (κ3) is 2.82. The highest BCUT2D eigenvalue weighted by Gasteiger charge is 2.34. The molecule has 0 unspecified atom stereocenters. The van der Waals surface area contributed by atoms with Crippen molar-refractivity contribution in [2.24, 2.45) is 7.05 Å². The van der Waals surface area contributed by atoms with Crippen molar-refractivity contribution in [2.45, 2.75) is 0 Å². The van der Waals surface area contributed by atoms with Gasteiger partial charge in [-0.05, 0) is 22.9 Å². The summed E-state index contributed by atoms with van der Waals surface area (Å²) in [4.78, 5) is 38.3. The SMILES string of the molecule is [C-]#[N+]c1ccc(-c2nc3oc(C=C4C(=O)c5cc6ccccc6cc5C4=O)nc3n2C)cc1. The van der Waals surface area contributed by atoms with Gasteiger partial charge in [-0.2, -0.15) is 9.97 Å². The van der Waals surface area contributed by atoms with Crippen LogP contribution in [0.2, 0.25) is 0 Å². The number of carbonyl (C=O) groups is 2. The third-order valence-corrected chi connectivity index (χ3v) is 5.84. The lowest BCUT2D eigenvalue weighted by atomic mass is 10.0. The first kappa shape index (κ1) is 18.9. The lowest BCUT2D eigenvalue weighted by Gasteiger charge is -2.01. The highest BCUT2D eigenvalue weighted by Crippen LogP contribution is 2.32. The van der Waals surface area contributed by atoms with Crippen molar-refractivity contribution in [3.05, 3.63) is 94.7 Å². The summed E-state index contributed by atoms with van der Waals surface area (Å²) in [6.45, 7) is 7.07. The maximum Gasteiger partial charge on any atom is 0.267 e. The number of hydrogen-bond acceptors (Lipinski definition) is 5. The predicted molar refractivity (Wildman–Crippen MR) is 123 cm³/mol. The molecule has 0 saturated heterocycles. The van der Waals surface area contributed by atoms with Crippen LogP contribution in [0.1, 0.15) is 26.6 Å². The molecule has 2 heterocycles. The number of aromatic nitrogens is 3. The van der Waals surface area contributed by atoms with E-state index in [1.165, 1.54) is 6.08 Å². The molecule has 33 heavy (non-hydrogen) atoms. The summed E-state index contributed by atoms with van der Waals surface area (Å²) in [5, 5.41) is 1.81. The second-order valence-corrected chi connectivity index (χ2v) is 7.80. The molecule has 2 aromatic heterocycles. The summed E-state index contributed by atoms with van der Waals surface area (Å²) < 4.78 is 7.53. The van der Waals surface area contributed by atoms with Crippen molar-refractivity contribution in [3.8, 4) is 11.4 Å². The minimum absolute atomic E-state index is 0.0295. The molecule has 7 nitrogen and oxygen atoms in total. The molecule has 156 valence electrons. The zero-order chi connectivity index (χ0) is 22.7. The number of imidazole rings is 1. The van der Waals surface area contributed by atoms with Crippen LogP contribution in [0.5, 0.6) is 0 Å². The van der Waals surface area contributed by atoms with Crippen LogP contribution in [0.4, 0.5) is 5.69 Å². The Balaban J connectivity index is 1.39.